The fourth-order valence-corrected chi connectivity index (χ4v) is 2.45. The van der Waals surface area contributed by atoms with E-state index in [-0.39, 0.29) is 18.6 Å². The van der Waals surface area contributed by atoms with Crippen LogP contribution < -0.4 is 21.1 Å². The van der Waals surface area contributed by atoms with Gasteiger partial charge < -0.3 is 21.1 Å². The summed E-state index contributed by atoms with van der Waals surface area (Å²) in [4.78, 5) is 23.5. The van der Waals surface area contributed by atoms with Crippen molar-refractivity contribution in [3.8, 4) is 5.75 Å². The fraction of sp³-hybridized carbons (Fsp3) is 0.263. The smallest absolute Gasteiger partial charge is 0.255 e. The number of anilines is 1. The highest BCUT2D eigenvalue weighted by Crippen LogP contribution is 2.25. The standard InChI is InChI=1S/C19H21N3O3/c20-17(23)12-25-16-8-4-7-15(11-16)21-18(13-5-2-1-3-6-13)19(24)22-14-9-10-14/h1-8,11,14,18,21H,9-10,12H2,(H2,20,23)(H,22,24)/t18-/m0/s1. The minimum absolute atomic E-state index is 0.0582. The van der Waals surface area contributed by atoms with E-state index in [0.29, 0.717) is 5.75 Å². The lowest BCUT2D eigenvalue weighted by atomic mass is 10.1. The highest BCUT2D eigenvalue weighted by Gasteiger charge is 2.28. The summed E-state index contributed by atoms with van der Waals surface area (Å²) in [6, 6.07) is 16.4. The van der Waals surface area contributed by atoms with E-state index >= 15 is 0 Å². The number of nitrogens with two attached hydrogens (primary N) is 1. The van der Waals surface area contributed by atoms with Crippen LogP contribution in [0.25, 0.3) is 0 Å². The number of carbonyl (C=O) groups is 2. The Labute approximate surface area is 146 Å². The minimum Gasteiger partial charge on any atom is -0.484 e. The zero-order chi connectivity index (χ0) is 17.6. The Morgan fingerprint density at radius 2 is 1.88 bits per heavy atom. The van der Waals surface area contributed by atoms with Gasteiger partial charge in [0.15, 0.2) is 6.61 Å². The normalized spacial score (nSPS) is 14.4. The first-order chi connectivity index (χ1) is 12.1. The number of amides is 2. The van der Waals surface area contributed by atoms with E-state index < -0.39 is 11.9 Å². The van der Waals surface area contributed by atoms with Gasteiger partial charge in [-0.3, -0.25) is 9.59 Å². The van der Waals surface area contributed by atoms with Gasteiger partial charge in [0, 0.05) is 17.8 Å². The molecule has 0 saturated heterocycles. The van der Waals surface area contributed by atoms with Crippen LogP contribution in [0.1, 0.15) is 24.4 Å². The van der Waals surface area contributed by atoms with E-state index in [0.717, 1.165) is 24.1 Å². The summed E-state index contributed by atoms with van der Waals surface area (Å²) in [7, 11) is 0. The molecule has 1 atom stereocenters. The van der Waals surface area contributed by atoms with Gasteiger partial charge in [0.2, 0.25) is 5.91 Å². The molecule has 1 fully saturated rings. The van der Waals surface area contributed by atoms with Crippen molar-refractivity contribution in [1.82, 2.24) is 5.32 Å². The SMILES string of the molecule is NC(=O)COc1cccc(N[C@H](C(=O)NC2CC2)c2ccccc2)c1. The predicted molar refractivity (Wildman–Crippen MR) is 95.1 cm³/mol. The number of benzene rings is 2. The molecule has 1 saturated carbocycles. The first-order valence-electron chi connectivity index (χ1n) is 8.25. The molecule has 0 aliphatic heterocycles. The van der Waals surface area contributed by atoms with Crippen molar-refractivity contribution in [1.29, 1.82) is 0 Å². The number of rotatable bonds is 8. The predicted octanol–water partition coefficient (Wildman–Crippen LogP) is 1.98. The summed E-state index contributed by atoms with van der Waals surface area (Å²) in [5.74, 6) is -0.0836. The van der Waals surface area contributed by atoms with Crippen LogP contribution in [0.5, 0.6) is 5.75 Å². The van der Waals surface area contributed by atoms with Gasteiger partial charge in [0.1, 0.15) is 11.8 Å². The van der Waals surface area contributed by atoms with Crippen molar-refractivity contribution in [3.05, 3.63) is 60.2 Å². The number of ether oxygens (including phenoxy) is 1. The number of primary amides is 1. The highest BCUT2D eigenvalue weighted by molar-refractivity contribution is 5.86. The molecule has 4 N–H and O–H groups in total. The van der Waals surface area contributed by atoms with Gasteiger partial charge in [-0.2, -0.15) is 0 Å². The van der Waals surface area contributed by atoms with E-state index in [2.05, 4.69) is 10.6 Å². The number of hydrogen-bond donors (Lipinski definition) is 3. The molecule has 6 heteroatoms. The summed E-state index contributed by atoms with van der Waals surface area (Å²) < 4.78 is 5.32. The summed E-state index contributed by atoms with van der Waals surface area (Å²) in [6.45, 7) is -0.187. The molecule has 130 valence electrons. The van der Waals surface area contributed by atoms with Crippen molar-refractivity contribution in [2.24, 2.45) is 5.73 Å². The van der Waals surface area contributed by atoms with Gasteiger partial charge in [-0.05, 0) is 30.5 Å². The van der Waals surface area contributed by atoms with Crippen LogP contribution in [-0.4, -0.2) is 24.5 Å². The minimum atomic E-state index is -0.538. The molecule has 6 nitrogen and oxygen atoms in total. The average Bonchev–Trinajstić information content (AvgIpc) is 3.43. The van der Waals surface area contributed by atoms with Gasteiger partial charge in [0.05, 0.1) is 0 Å². The van der Waals surface area contributed by atoms with Crippen LogP contribution >= 0.6 is 0 Å². The zero-order valence-electron chi connectivity index (χ0n) is 13.8. The molecule has 2 aromatic rings. The van der Waals surface area contributed by atoms with Gasteiger partial charge in [-0.15, -0.1) is 0 Å². The van der Waals surface area contributed by atoms with E-state index in [9.17, 15) is 9.59 Å². The molecule has 0 heterocycles. The second-order valence-corrected chi connectivity index (χ2v) is 6.05. The van der Waals surface area contributed by atoms with Crippen LogP contribution in [-0.2, 0) is 9.59 Å². The number of nitrogens with one attached hydrogen (secondary N) is 2. The molecule has 2 aromatic carbocycles. The molecule has 25 heavy (non-hydrogen) atoms. The Morgan fingerprint density at radius 3 is 2.56 bits per heavy atom. The van der Waals surface area contributed by atoms with Crippen LogP contribution in [0.2, 0.25) is 0 Å². The maximum absolute atomic E-state index is 12.6. The Bertz CT molecular complexity index is 745. The number of carbonyl (C=O) groups excluding carboxylic acids is 2. The molecule has 0 aromatic heterocycles. The monoisotopic (exact) mass is 339 g/mol. The third-order valence-corrected chi connectivity index (χ3v) is 3.84. The quantitative estimate of drug-likeness (QED) is 0.685. The van der Waals surface area contributed by atoms with Crippen molar-refractivity contribution in [3.63, 3.8) is 0 Å². The topological polar surface area (TPSA) is 93.5 Å². The molecule has 0 unspecified atom stereocenters. The summed E-state index contributed by atoms with van der Waals surface area (Å²) in [5.41, 5.74) is 6.70. The van der Waals surface area contributed by atoms with Gasteiger partial charge in [-0.25, -0.2) is 0 Å². The van der Waals surface area contributed by atoms with Gasteiger partial charge in [0.25, 0.3) is 5.91 Å². The van der Waals surface area contributed by atoms with Crippen LogP contribution in [0.4, 0.5) is 5.69 Å². The molecular formula is C19H21N3O3. The Balaban J connectivity index is 1.76. The molecule has 2 amide bonds. The lowest BCUT2D eigenvalue weighted by molar-refractivity contribution is -0.122. The van der Waals surface area contributed by atoms with Crippen LogP contribution in [0, 0.1) is 0 Å². The average molecular weight is 339 g/mol. The molecule has 0 bridgehead atoms. The maximum Gasteiger partial charge on any atom is 0.255 e. The van der Waals surface area contributed by atoms with Crippen molar-refractivity contribution in [2.45, 2.75) is 24.9 Å². The van der Waals surface area contributed by atoms with E-state index in [1.165, 1.54) is 0 Å². The summed E-state index contributed by atoms with van der Waals surface area (Å²) in [6.07, 6.45) is 2.06. The lowest BCUT2D eigenvalue weighted by Crippen LogP contribution is -2.34. The zero-order valence-corrected chi connectivity index (χ0v) is 13.8. The molecule has 3 rings (SSSR count). The van der Waals surface area contributed by atoms with Gasteiger partial charge in [-0.1, -0.05) is 36.4 Å². The Morgan fingerprint density at radius 1 is 1.12 bits per heavy atom. The third-order valence-electron chi connectivity index (χ3n) is 3.84. The molecular weight excluding hydrogens is 318 g/mol. The second-order valence-electron chi connectivity index (χ2n) is 6.05. The Kier molecular flexibility index (Phi) is 5.18. The molecule has 0 radical (unpaired) electrons. The van der Waals surface area contributed by atoms with Crippen molar-refractivity contribution in [2.75, 3.05) is 11.9 Å². The first kappa shape index (κ1) is 16.8. The van der Waals surface area contributed by atoms with E-state index in [1.807, 2.05) is 36.4 Å². The largest absolute Gasteiger partial charge is 0.484 e. The second kappa shape index (κ2) is 7.70. The Hall–Kier alpha value is -3.02. The van der Waals surface area contributed by atoms with Gasteiger partial charge >= 0.3 is 0 Å². The van der Waals surface area contributed by atoms with Crippen LogP contribution in [0.15, 0.2) is 54.6 Å². The third kappa shape index (κ3) is 4.97. The lowest BCUT2D eigenvalue weighted by Gasteiger charge is -2.20. The molecule has 1 aliphatic carbocycles. The first-order valence-corrected chi connectivity index (χ1v) is 8.25. The highest BCUT2D eigenvalue weighted by atomic mass is 16.5. The van der Waals surface area contributed by atoms with Crippen molar-refractivity contribution >= 4 is 17.5 Å². The number of hydrogen-bond acceptors (Lipinski definition) is 4. The maximum atomic E-state index is 12.6. The summed E-state index contributed by atoms with van der Waals surface area (Å²) >= 11 is 0. The van der Waals surface area contributed by atoms with E-state index in [4.69, 9.17) is 10.5 Å². The fourth-order valence-electron chi connectivity index (χ4n) is 2.45. The van der Waals surface area contributed by atoms with Crippen LogP contribution in [0.3, 0.4) is 0 Å². The van der Waals surface area contributed by atoms with Crippen molar-refractivity contribution < 1.29 is 14.3 Å². The molecule has 1 aliphatic rings. The molecule has 0 spiro atoms. The van der Waals surface area contributed by atoms with E-state index in [1.54, 1.807) is 18.2 Å². The summed E-state index contributed by atoms with van der Waals surface area (Å²) in [5, 5.41) is 6.28.